The van der Waals surface area contributed by atoms with Gasteiger partial charge in [0, 0.05) is 28.9 Å². The van der Waals surface area contributed by atoms with Gasteiger partial charge in [0.1, 0.15) is 10.3 Å². The van der Waals surface area contributed by atoms with Crippen LogP contribution in [0.25, 0.3) is 21.6 Å². The molecule has 0 bridgehead atoms. The fourth-order valence-electron chi connectivity index (χ4n) is 2.65. The molecule has 0 saturated carbocycles. The zero-order chi connectivity index (χ0) is 21.3. The second-order valence-electron chi connectivity index (χ2n) is 7.75. The topological polar surface area (TPSA) is 113 Å². The normalized spacial score (nSPS) is 11.4. The van der Waals surface area contributed by atoms with E-state index in [1.807, 2.05) is 51.1 Å². The summed E-state index contributed by atoms with van der Waals surface area (Å²) in [5, 5.41) is 13.0. The Labute approximate surface area is 176 Å². The Kier molecular flexibility index (Phi) is 5.04. The number of carbonyl (C=O) groups excluding carboxylic acids is 2. The molecule has 3 aromatic heterocycles. The van der Waals surface area contributed by atoms with Crippen molar-refractivity contribution in [3.63, 3.8) is 0 Å². The fraction of sp³-hybridized carbons (Fsp3) is 0.190. The second-order valence-corrected chi connectivity index (χ2v) is 8.73. The number of carbonyl (C=O) groups is 2. The van der Waals surface area contributed by atoms with Crippen LogP contribution in [0.1, 0.15) is 30.6 Å². The van der Waals surface area contributed by atoms with Gasteiger partial charge in [-0.25, -0.2) is 9.97 Å². The first-order chi connectivity index (χ1) is 14.3. The van der Waals surface area contributed by atoms with Crippen LogP contribution in [0.3, 0.4) is 0 Å². The Morgan fingerprint density at radius 3 is 2.67 bits per heavy atom. The maximum absolute atomic E-state index is 12.5. The van der Waals surface area contributed by atoms with E-state index in [1.165, 1.54) is 11.3 Å². The molecular weight excluding hydrogens is 400 g/mol. The molecule has 0 aliphatic rings. The molecule has 2 amide bonds. The molecule has 4 rings (SSSR count). The zero-order valence-electron chi connectivity index (χ0n) is 16.7. The molecule has 3 N–H and O–H groups in total. The lowest BCUT2D eigenvalue weighted by Gasteiger charge is -2.17. The minimum Gasteiger partial charge on any atom is -0.326 e. The molecular formula is C21H20N6O2S. The number of aromatic nitrogens is 4. The van der Waals surface area contributed by atoms with E-state index < -0.39 is 5.41 Å². The Balaban J connectivity index is 1.49. The lowest BCUT2D eigenvalue weighted by Crippen LogP contribution is -2.27. The van der Waals surface area contributed by atoms with E-state index in [4.69, 9.17) is 0 Å². The van der Waals surface area contributed by atoms with Gasteiger partial charge in [-0.2, -0.15) is 5.10 Å². The van der Waals surface area contributed by atoms with Gasteiger partial charge in [-0.15, -0.1) is 0 Å². The molecule has 9 heteroatoms. The van der Waals surface area contributed by atoms with E-state index >= 15 is 0 Å². The average Bonchev–Trinajstić information content (AvgIpc) is 3.34. The van der Waals surface area contributed by atoms with E-state index in [2.05, 4.69) is 30.8 Å². The molecule has 0 fully saturated rings. The van der Waals surface area contributed by atoms with Crippen molar-refractivity contribution in [3.8, 4) is 11.3 Å². The summed E-state index contributed by atoms with van der Waals surface area (Å²) >= 11 is 1.22. The number of hydrogen-bond acceptors (Lipinski definition) is 6. The Bertz CT molecular complexity index is 1200. The maximum atomic E-state index is 12.5. The summed E-state index contributed by atoms with van der Waals surface area (Å²) < 4.78 is 0. The number of pyridine rings is 1. The summed E-state index contributed by atoms with van der Waals surface area (Å²) in [4.78, 5) is 33.9. The third-order valence-electron chi connectivity index (χ3n) is 4.29. The summed E-state index contributed by atoms with van der Waals surface area (Å²) in [6, 6.07) is 12.7. The first kappa shape index (κ1) is 19.7. The highest BCUT2D eigenvalue weighted by atomic mass is 32.1. The van der Waals surface area contributed by atoms with Crippen LogP contribution in [-0.2, 0) is 4.79 Å². The minimum atomic E-state index is -0.488. The van der Waals surface area contributed by atoms with Crippen LogP contribution in [0.2, 0.25) is 0 Å². The lowest BCUT2D eigenvalue weighted by atomic mass is 9.95. The third kappa shape index (κ3) is 4.20. The Morgan fingerprint density at radius 1 is 1.07 bits per heavy atom. The van der Waals surface area contributed by atoms with Crippen LogP contribution in [0.15, 0.2) is 48.7 Å². The van der Waals surface area contributed by atoms with Gasteiger partial charge >= 0.3 is 0 Å². The van der Waals surface area contributed by atoms with Crippen molar-refractivity contribution in [3.05, 3.63) is 53.7 Å². The number of anilines is 2. The standard InChI is InChI=1S/C21H20N6O2S/c1-21(2,3)20(29)23-13-7-4-6-12(10-13)15-11-16(27-26-15)25-17(28)19-24-14-8-5-9-22-18(14)30-19/h4-11H,1-3H3,(H,23,29)(H2,25,26,27,28). The molecule has 4 aromatic rings. The summed E-state index contributed by atoms with van der Waals surface area (Å²) in [5.74, 6) is -0.0314. The van der Waals surface area contributed by atoms with Crippen LogP contribution in [-0.4, -0.2) is 32.0 Å². The number of nitrogens with one attached hydrogen (secondary N) is 3. The first-order valence-corrected chi connectivity index (χ1v) is 10.1. The average molecular weight is 420 g/mol. The monoisotopic (exact) mass is 420 g/mol. The van der Waals surface area contributed by atoms with Crippen LogP contribution in [0.4, 0.5) is 11.5 Å². The number of benzene rings is 1. The number of hydrogen-bond donors (Lipinski definition) is 3. The SMILES string of the molecule is CC(C)(C)C(=O)Nc1cccc(-c2cc(NC(=O)c3nc4cccnc4s3)n[nH]2)c1. The van der Waals surface area contributed by atoms with Crippen molar-refractivity contribution in [2.45, 2.75) is 20.8 Å². The summed E-state index contributed by atoms with van der Waals surface area (Å²) in [7, 11) is 0. The molecule has 0 saturated heterocycles. The van der Waals surface area contributed by atoms with Crippen LogP contribution < -0.4 is 10.6 Å². The van der Waals surface area contributed by atoms with E-state index in [-0.39, 0.29) is 11.8 Å². The molecule has 0 aliphatic carbocycles. The van der Waals surface area contributed by atoms with Crippen LogP contribution in [0.5, 0.6) is 0 Å². The molecule has 0 spiro atoms. The van der Waals surface area contributed by atoms with E-state index in [0.717, 1.165) is 5.56 Å². The van der Waals surface area contributed by atoms with Gasteiger partial charge in [-0.3, -0.25) is 14.7 Å². The largest absolute Gasteiger partial charge is 0.326 e. The molecule has 0 unspecified atom stereocenters. The van der Waals surface area contributed by atoms with E-state index in [0.29, 0.717) is 32.6 Å². The Hall–Kier alpha value is -3.59. The predicted molar refractivity (Wildman–Crippen MR) is 117 cm³/mol. The van der Waals surface area contributed by atoms with Crippen molar-refractivity contribution < 1.29 is 9.59 Å². The molecule has 8 nitrogen and oxygen atoms in total. The van der Waals surface area contributed by atoms with Crippen LogP contribution >= 0.6 is 11.3 Å². The minimum absolute atomic E-state index is 0.0671. The quantitative estimate of drug-likeness (QED) is 0.455. The summed E-state index contributed by atoms with van der Waals surface area (Å²) in [6.07, 6.45) is 1.67. The number of thiazole rings is 1. The molecule has 152 valence electrons. The van der Waals surface area contributed by atoms with Gasteiger partial charge in [0.2, 0.25) is 5.91 Å². The number of amides is 2. The van der Waals surface area contributed by atoms with Crippen molar-refractivity contribution in [1.82, 2.24) is 20.2 Å². The van der Waals surface area contributed by atoms with Crippen molar-refractivity contribution in [2.24, 2.45) is 5.41 Å². The van der Waals surface area contributed by atoms with Gasteiger partial charge in [-0.1, -0.05) is 44.2 Å². The summed E-state index contributed by atoms with van der Waals surface area (Å²) in [6.45, 7) is 5.58. The van der Waals surface area contributed by atoms with Gasteiger partial charge in [-0.05, 0) is 24.3 Å². The van der Waals surface area contributed by atoms with Gasteiger partial charge in [0.05, 0.1) is 5.69 Å². The van der Waals surface area contributed by atoms with Crippen molar-refractivity contribution in [1.29, 1.82) is 0 Å². The van der Waals surface area contributed by atoms with Crippen molar-refractivity contribution in [2.75, 3.05) is 10.6 Å². The lowest BCUT2D eigenvalue weighted by molar-refractivity contribution is -0.123. The number of aromatic amines is 1. The molecule has 30 heavy (non-hydrogen) atoms. The molecule has 0 aliphatic heterocycles. The first-order valence-electron chi connectivity index (χ1n) is 9.30. The molecule has 0 atom stereocenters. The fourth-order valence-corrected chi connectivity index (χ4v) is 3.46. The van der Waals surface area contributed by atoms with Crippen molar-refractivity contribution >= 4 is 45.0 Å². The van der Waals surface area contributed by atoms with Gasteiger partial charge < -0.3 is 10.6 Å². The summed E-state index contributed by atoms with van der Waals surface area (Å²) in [5.41, 5.74) is 2.43. The van der Waals surface area contributed by atoms with E-state index in [1.54, 1.807) is 18.3 Å². The third-order valence-corrected chi connectivity index (χ3v) is 5.27. The number of fused-ring (bicyclic) bond motifs is 1. The smallest absolute Gasteiger partial charge is 0.285 e. The number of rotatable bonds is 4. The highest BCUT2D eigenvalue weighted by molar-refractivity contribution is 7.20. The maximum Gasteiger partial charge on any atom is 0.285 e. The van der Waals surface area contributed by atoms with Gasteiger partial charge in [0.25, 0.3) is 5.91 Å². The molecule has 0 radical (unpaired) electrons. The zero-order valence-corrected chi connectivity index (χ0v) is 17.5. The van der Waals surface area contributed by atoms with Gasteiger partial charge in [0.15, 0.2) is 10.8 Å². The second kappa shape index (κ2) is 7.68. The highest BCUT2D eigenvalue weighted by Crippen LogP contribution is 2.25. The van der Waals surface area contributed by atoms with E-state index in [9.17, 15) is 9.59 Å². The molecule has 1 aromatic carbocycles. The predicted octanol–water partition coefficient (Wildman–Crippen LogP) is 4.32. The van der Waals surface area contributed by atoms with Crippen LogP contribution in [0, 0.1) is 5.41 Å². The Morgan fingerprint density at radius 2 is 1.90 bits per heavy atom. The number of nitrogens with zero attached hydrogens (tertiary/aromatic N) is 3. The highest BCUT2D eigenvalue weighted by Gasteiger charge is 2.21. The molecule has 3 heterocycles. The number of H-pyrrole nitrogens is 1.